The first-order valence-electron chi connectivity index (χ1n) is 6.10. The Labute approximate surface area is 127 Å². The number of nitrogens with one attached hydrogen (secondary N) is 2. The molecule has 1 aromatic carbocycles. The molecule has 106 valence electrons. The summed E-state index contributed by atoms with van der Waals surface area (Å²) < 4.78 is 6.44. The van der Waals surface area contributed by atoms with Crippen molar-refractivity contribution >= 4 is 34.2 Å². The minimum atomic E-state index is -0.344. The Balaban J connectivity index is 0.00000180. The molecule has 1 heterocycles. The standard InChI is InChI=1S/C13H17BrN2O2.ClH/c14-11-3-1-10(2-4-11)5-6-16-13(17)12-9-15-7-8-18-12;/h1-4,12,15H,5-9H2,(H,16,17);1H. The van der Waals surface area contributed by atoms with Crippen molar-refractivity contribution in [2.75, 3.05) is 26.2 Å². The van der Waals surface area contributed by atoms with Crippen LogP contribution in [0.1, 0.15) is 5.56 Å². The van der Waals surface area contributed by atoms with E-state index >= 15 is 0 Å². The second-order valence-corrected chi connectivity index (χ2v) is 5.15. The molecule has 1 unspecified atom stereocenters. The summed E-state index contributed by atoms with van der Waals surface area (Å²) in [6.07, 6.45) is 0.489. The zero-order valence-corrected chi connectivity index (χ0v) is 12.9. The first-order chi connectivity index (χ1) is 8.75. The molecule has 0 spiro atoms. The maximum absolute atomic E-state index is 11.8. The van der Waals surface area contributed by atoms with E-state index in [2.05, 4.69) is 38.7 Å². The van der Waals surface area contributed by atoms with Crippen LogP contribution in [-0.4, -0.2) is 38.3 Å². The number of hydrogen-bond acceptors (Lipinski definition) is 3. The third-order valence-electron chi connectivity index (χ3n) is 2.85. The molecule has 6 heteroatoms. The lowest BCUT2D eigenvalue weighted by atomic mass is 10.1. The number of hydrogen-bond donors (Lipinski definition) is 2. The third kappa shape index (κ3) is 5.48. The molecule has 4 nitrogen and oxygen atoms in total. The van der Waals surface area contributed by atoms with Crippen molar-refractivity contribution in [3.8, 4) is 0 Å². The van der Waals surface area contributed by atoms with Crippen LogP contribution in [-0.2, 0) is 16.0 Å². The van der Waals surface area contributed by atoms with Crippen molar-refractivity contribution < 1.29 is 9.53 Å². The van der Waals surface area contributed by atoms with E-state index in [4.69, 9.17) is 4.74 Å². The van der Waals surface area contributed by atoms with Crippen LogP contribution in [0.5, 0.6) is 0 Å². The zero-order chi connectivity index (χ0) is 12.8. The number of carbonyl (C=O) groups is 1. The van der Waals surface area contributed by atoms with E-state index in [1.807, 2.05) is 12.1 Å². The number of rotatable bonds is 4. The number of carbonyl (C=O) groups excluding carboxylic acids is 1. The van der Waals surface area contributed by atoms with Crippen LogP contribution in [0.4, 0.5) is 0 Å². The molecule has 0 saturated carbocycles. The SMILES string of the molecule is Cl.O=C(NCCc1ccc(Br)cc1)C1CNCCO1. The molecule has 0 aliphatic carbocycles. The number of amides is 1. The average Bonchev–Trinajstić information content (AvgIpc) is 2.42. The number of halogens is 2. The van der Waals surface area contributed by atoms with Gasteiger partial charge < -0.3 is 15.4 Å². The minimum absolute atomic E-state index is 0. The Morgan fingerprint density at radius 2 is 2.16 bits per heavy atom. The fourth-order valence-corrected chi connectivity index (χ4v) is 2.09. The average molecular weight is 350 g/mol. The first kappa shape index (κ1) is 16.4. The van der Waals surface area contributed by atoms with E-state index in [0.29, 0.717) is 19.7 Å². The molecule has 0 bridgehead atoms. The van der Waals surface area contributed by atoms with Crippen molar-refractivity contribution in [2.45, 2.75) is 12.5 Å². The van der Waals surface area contributed by atoms with Crippen LogP contribution in [0.25, 0.3) is 0 Å². The number of morpholine rings is 1. The number of ether oxygens (including phenoxy) is 1. The Morgan fingerprint density at radius 3 is 2.79 bits per heavy atom. The fourth-order valence-electron chi connectivity index (χ4n) is 1.83. The third-order valence-corrected chi connectivity index (χ3v) is 3.37. The minimum Gasteiger partial charge on any atom is -0.366 e. The predicted molar refractivity (Wildman–Crippen MR) is 80.7 cm³/mol. The molecule has 0 aromatic heterocycles. The molecule has 1 atom stereocenters. The van der Waals surface area contributed by atoms with E-state index in [9.17, 15) is 4.79 Å². The van der Waals surface area contributed by atoms with Crippen LogP contribution < -0.4 is 10.6 Å². The highest BCUT2D eigenvalue weighted by molar-refractivity contribution is 9.10. The normalized spacial score (nSPS) is 18.5. The predicted octanol–water partition coefficient (Wildman–Crippen LogP) is 1.52. The highest BCUT2D eigenvalue weighted by Gasteiger charge is 2.20. The van der Waals surface area contributed by atoms with Gasteiger partial charge in [0.25, 0.3) is 0 Å². The molecule has 1 fully saturated rings. The summed E-state index contributed by atoms with van der Waals surface area (Å²) >= 11 is 3.40. The van der Waals surface area contributed by atoms with Crippen LogP contribution in [0, 0.1) is 0 Å². The van der Waals surface area contributed by atoms with Gasteiger partial charge in [-0.1, -0.05) is 28.1 Å². The number of benzene rings is 1. The van der Waals surface area contributed by atoms with Crippen LogP contribution >= 0.6 is 28.3 Å². The van der Waals surface area contributed by atoms with Gasteiger partial charge in [0.1, 0.15) is 6.10 Å². The highest BCUT2D eigenvalue weighted by Crippen LogP contribution is 2.10. The summed E-state index contributed by atoms with van der Waals surface area (Å²) in [7, 11) is 0. The van der Waals surface area contributed by atoms with Gasteiger partial charge in [-0.3, -0.25) is 4.79 Å². The Morgan fingerprint density at radius 1 is 1.42 bits per heavy atom. The van der Waals surface area contributed by atoms with Gasteiger partial charge in [0.15, 0.2) is 0 Å². The lowest BCUT2D eigenvalue weighted by molar-refractivity contribution is -0.134. The van der Waals surface area contributed by atoms with E-state index in [1.54, 1.807) is 0 Å². The van der Waals surface area contributed by atoms with Crippen molar-refractivity contribution in [1.82, 2.24) is 10.6 Å². The zero-order valence-electron chi connectivity index (χ0n) is 10.5. The van der Waals surface area contributed by atoms with Gasteiger partial charge >= 0.3 is 0 Å². The molecule has 0 radical (unpaired) electrons. The second kappa shape index (κ2) is 8.53. The van der Waals surface area contributed by atoms with E-state index in [-0.39, 0.29) is 24.4 Å². The highest BCUT2D eigenvalue weighted by atomic mass is 79.9. The van der Waals surface area contributed by atoms with Gasteiger partial charge in [-0.25, -0.2) is 0 Å². The topological polar surface area (TPSA) is 50.4 Å². The quantitative estimate of drug-likeness (QED) is 0.866. The van der Waals surface area contributed by atoms with Crippen molar-refractivity contribution in [2.24, 2.45) is 0 Å². The molecule has 1 amide bonds. The molecule has 19 heavy (non-hydrogen) atoms. The van der Waals surface area contributed by atoms with Crippen LogP contribution in [0.15, 0.2) is 28.7 Å². The molecule has 1 aliphatic rings. The van der Waals surface area contributed by atoms with E-state index in [0.717, 1.165) is 17.4 Å². The molecule has 1 aromatic rings. The van der Waals surface area contributed by atoms with Crippen molar-refractivity contribution in [3.05, 3.63) is 34.3 Å². The van der Waals surface area contributed by atoms with Gasteiger partial charge in [-0.15, -0.1) is 12.4 Å². The molecule has 1 aliphatic heterocycles. The molecular weight excluding hydrogens is 332 g/mol. The summed E-state index contributed by atoms with van der Waals surface area (Å²) in [5.74, 6) is -0.0284. The second-order valence-electron chi connectivity index (χ2n) is 4.23. The van der Waals surface area contributed by atoms with Gasteiger partial charge in [-0.2, -0.15) is 0 Å². The smallest absolute Gasteiger partial charge is 0.250 e. The van der Waals surface area contributed by atoms with Gasteiger partial charge in [0.2, 0.25) is 5.91 Å². The van der Waals surface area contributed by atoms with Crippen LogP contribution in [0.3, 0.4) is 0 Å². The summed E-state index contributed by atoms with van der Waals surface area (Å²) in [5, 5.41) is 6.04. The lowest BCUT2D eigenvalue weighted by Gasteiger charge is -2.22. The van der Waals surface area contributed by atoms with Gasteiger partial charge in [0, 0.05) is 24.1 Å². The van der Waals surface area contributed by atoms with E-state index < -0.39 is 0 Å². The Hall–Kier alpha value is -0.620. The first-order valence-corrected chi connectivity index (χ1v) is 6.89. The summed E-state index contributed by atoms with van der Waals surface area (Å²) in [4.78, 5) is 11.8. The van der Waals surface area contributed by atoms with Gasteiger partial charge in [0.05, 0.1) is 6.61 Å². The Kier molecular flexibility index (Phi) is 7.38. The monoisotopic (exact) mass is 348 g/mol. The van der Waals surface area contributed by atoms with Gasteiger partial charge in [-0.05, 0) is 24.1 Å². The summed E-state index contributed by atoms with van der Waals surface area (Å²) in [6, 6.07) is 8.11. The summed E-state index contributed by atoms with van der Waals surface area (Å²) in [5.41, 5.74) is 1.21. The molecule has 2 N–H and O–H groups in total. The Bertz CT molecular complexity index is 394. The molecular formula is C13H18BrClN2O2. The van der Waals surface area contributed by atoms with Crippen LogP contribution in [0.2, 0.25) is 0 Å². The van der Waals surface area contributed by atoms with E-state index in [1.165, 1.54) is 5.56 Å². The largest absolute Gasteiger partial charge is 0.366 e. The maximum Gasteiger partial charge on any atom is 0.250 e. The summed E-state index contributed by atoms with van der Waals surface area (Å²) in [6.45, 7) is 2.66. The maximum atomic E-state index is 11.8. The fraction of sp³-hybridized carbons (Fsp3) is 0.462. The molecule has 1 saturated heterocycles. The lowest BCUT2D eigenvalue weighted by Crippen LogP contribution is -2.48. The molecule has 2 rings (SSSR count). The van der Waals surface area contributed by atoms with Crippen molar-refractivity contribution in [1.29, 1.82) is 0 Å². The van der Waals surface area contributed by atoms with Crippen molar-refractivity contribution in [3.63, 3.8) is 0 Å².